The summed E-state index contributed by atoms with van der Waals surface area (Å²) in [6.07, 6.45) is 5.43. The topological polar surface area (TPSA) is 80.3 Å². The second kappa shape index (κ2) is 10.7. The Kier molecular flexibility index (Phi) is 8.31. The van der Waals surface area contributed by atoms with E-state index in [1.54, 1.807) is 19.5 Å². The molecule has 0 fully saturated rings. The van der Waals surface area contributed by atoms with E-state index in [1.807, 2.05) is 47.3 Å². The largest absolute Gasteiger partial charge is 0.444 e. The lowest BCUT2D eigenvalue weighted by molar-refractivity contribution is 0.443. The molecule has 0 aliphatic heterocycles. The van der Waals surface area contributed by atoms with E-state index >= 15 is 0 Å². The van der Waals surface area contributed by atoms with Crippen LogP contribution in [0.25, 0.3) is 11.5 Å². The second-order valence-corrected chi connectivity index (χ2v) is 6.15. The standard InChI is InChI=1S/C19H24N6O.HI/c1-15(13-25-10-6-9-23-25)11-21-19(20-2)22-12-17-14-26-18(24-17)16-7-4-3-5-8-16;/h3-10,14-15H,11-13H2,1-2H3,(H2,20,21,22);1H. The molecule has 0 aliphatic carbocycles. The first kappa shape index (κ1) is 20.9. The summed E-state index contributed by atoms with van der Waals surface area (Å²) >= 11 is 0. The third-order valence-corrected chi connectivity index (χ3v) is 3.91. The van der Waals surface area contributed by atoms with Gasteiger partial charge in [0.05, 0.1) is 12.2 Å². The van der Waals surface area contributed by atoms with Crippen LogP contribution in [0.2, 0.25) is 0 Å². The van der Waals surface area contributed by atoms with Crippen LogP contribution in [-0.2, 0) is 13.1 Å². The molecule has 2 aromatic heterocycles. The zero-order valence-corrected chi connectivity index (χ0v) is 17.8. The lowest BCUT2D eigenvalue weighted by atomic mass is 10.2. The van der Waals surface area contributed by atoms with E-state index in [9.17, 15) is 0 Å². The van der Waals surface area contributed by atoms with Crippen LogP contribution in [0.3, 0.4) is 0 Å². The fraction of sp³-hybridized carbons (Fsp3) is 0.316. The molecule has 3 aromatic rings. The van der Waals surface area contributed by atoms with Crippen molar-refractivity contribution in [3.8, 4) is 11.5 Å². The van der Waals surface area contributed by atoms with Crippen molar-refractivity contribution >= 4 is 29.9 Å². The van der Waals surface area contributed by atoms with Crippen molar-refractivity contribution in [2.24, 2.45) is 10.9 Å². The minimum atomic E-state index is 0. The van der Waals surface area contributed by atoms with Gasteiger partial charge in [0.25, 0.3) is 0 Å². The molecule has 1 unspecified atom stereocenters. The highest BCUT2D eigenvalue weighted by Gasteiger charge is 2.08. The molecule has 1 atom stereocenters. The first-order chi connectivity index (χ1) is 12.7. The van der Waals surface area contributed by atoms with E-state index in [0.29, 0.717) is 18.4 Å². The van der Waals surface area contributed by atoms with Crippen LogP contribution in [0, 0.1) is 5.92 Å². The fourth-order valence-corrected chi connectivity index (χ4v) is 2.56. The van der Waals surface area contributed by atoms with E-state index in [4.69, 9.17) is 4.42 Å². The number of hydrogen-bond acceptors (Lipinski definition) is 4. The van der Waals surface area contributed by atoms with Gasteiger partial charge in [0.15, 0.2) is 5.96 Å². The zero-order valence-electron chi connectivity index (χ0n) is 15.5. The molecule has 0 amide bonds. The SMILES string of the molecule is CN=C(NCc1coc(-c2ccccc2)n1)NCC(C)Cn1cccn1.I. The van der Waals surface area contributed by atoms with Gasteiger partial charge in [-0.05, 0) is 24.1 Å². The maximum atomic E-state index is 5.55. The molecule has 2 N–H and O–H groups in total. The lowest BCUT2D eigenvalue weighted by Gasteiger charge is -2.15. The van der Waals surface area contributed by atoms with Crippen molar-refractivity contribution in [3.05, 3.63) is 60.7 Å². The first-order valence-corrected chi connectivity index (χ1v) is 8.66. The number of aliphatic imine (C=N–C) groups is 1. The molecule has 8 heteroatoms. The Bertz CT molecular complexity index is 816. The van der Waals surface area contributed by atoms with Crippen LogP contribution in [0.15, 0.2) is 64.5 Å². The Balaban J connectivity index is 0.00000261. The average molecular weight is 480 g/mol. The summed E-state index contributed by atoms with van der Waals surface area (Å²) in [5, 5.41) is 10.8. The summed E-state index contributed by atoms with van der Waals surface area (Å²) in [7, 11) is 1.76. The molecule has 0 aliphatic rings. The van der Waals surface area contributed by atoms with E-state index in [0.717, 1.165) is 30.3 Å². The van der Waals surface area contributed by atoms with Gasteiger partial charge in [-0.2, -0.15) is 5.10 Å². The predicted molar refractivity (Wildman–Crippen MR) is 117 cm³/mol. The molecule has 0 saturated carbocycles. The number of nitrogens with zero attached hydrogens (tertiary/aromatic N) is 4. The van der Waals surface area contributed by atoms with Crippen LogP contribution in [0.4, 0.5) is 0 Å². The quantitative estimate of drug-likeness (QED) is 0.309. The minimum absolute atomic E-state index is 0. The summed E-state index contributed by atoms with van der Waals surface area (Å²) in [5.74, 6) is 1.78. The minimum Gasteiger partial charge on any atom is -0.444 e. The molecule has 1 aromatic carbocycles. The second-order valence-electron chi connectivity index (χ2n) is 6.15. The van der Waals surface area contributed by atoms with Gasteiger partial charge >= 0.3 is 0 Å². The molecule has 7 nitrogen and oxygen atoms in total. The number of aromatic nitrogens is 3. The summed E-state index contributed by atoms with van der Waals surface area (Å²) in [5.41, 5.74) is 1.80. The number of rotatable bonds is 7. The van der Waals surface area contributed by atoms with Gasteiger partial charge in [-0.3, -0.25) is 9.67 Å². The Hall–Kier alpha value is -2.36. The molecular weight excluding hydrogens is 455 g/mol. The molecule has 0 spiro atoms. The van der Waals surface area contributed by atoms with Crippen molar-refractivity contribution in [1.29, 1.82) is 0 Å². The summed E-state index contributed by atoms with van der Waals surface area (Å²) in [4.78, 5) is 8.76. The van der Waals surface area contributed by atoms with Crippen LogP contribution >= 0.6 is 24.0 Å². The number of oxazole rings is 1. The molecule has 2 heterocycles. The molecule has 0 saturated heterocycles. The van der Waals surface area contributed by atoms with Crippen molar-refractivity contribution in [3.63, 3.8) is 0 Å². The third kappa shape index (κ3) is 6.38. The number of benzene rings is 1. The molecule has 0 bridgehead atoms. The number of halogens is 1. The van der Waals surface area contributed by atoms with Crippen molar-refractivity contribution < 1.29 is 4.42 Å². The molecular formula is C19H25IN6O. The van der Waals surface area contributed by atoms with Crippen LogP contribution in [0.1, 0.15) is 12.6 Å². The maximum absolute atomic E-state index is 5.55. The van der Waals surface area contributed by atoms with Gasteiger partial charge in [0.1, 0.15) is 6.26 Å². The first-order valence-electron chi connectivity index (χ1n) is 8.66. The van der Waals surface area contributed by atoms with Crippen molar-refractivity contribution in [2.45, 2.75) is 20.0 Å². The molecule has 144 valence electrons. The van der Waals surface area contributed by atoms with Crippen molar-refractivity contribution in [2.75, 3.05) is 13.6 Å². The maximum Gasteiger partial charge on any atom is 0.226 e. The van der Waals surface area contributed by atoms with Gasteiger partial charge in [0.2, 0.25) is 5.89 Å². The van der Waals surface area contributed by atoms with Gasteiger partial charge in [-0.25, -0.2) is 4.98 Å². The van der Waals surface area contributed by atoms with E-state index in [1.165, 1.54) is 0 Å². The van der Waals surface area contributed by atoms with Gasteiger partial charge in [-0.1, -0.05) is 25.1 Å². The molecule has 0 radical (unpaired) electrons. The Morgan fingerprint density at radius 1 is 1.22 bits per heavy atom. The van der Waals surface area contributed by atoms with Crippen molar-refractivity contribution in [1.82, 2.24) is 25.4 Å². The Labute approximate surface area is 176 Å². The smallest absolute Gasteiger partial charge is 0.226 e. The average Bonchev–Trinajstić information content (AvgIpc) is 3.34. The number of guanidine groups is 1. The van der Waals surface area contributed by atoms with Gasteiger partial charge < -0.3 is 15.1 Å². The normalized spacial score (nSPS) is 12.3. The van der Waals surface area contributed by atoms with Gasteiger partial charge in [0, 0.05) is 38.1 Å². The Morgan fingerprint density at radius 3 is 2.74 bits per heavy atom. The lowest BCUT2D eigenvalue weighted by Crippen LogP contribution is -2.39. The van der Waals surface area contributed by atoms with Crippen LogP contribution in [-0.4, -0.2) is 34.3 Å². The monoisotopic (exact) mass is 480 g/mol. The van der Waals surface area contributed by atoms with E-state index < -0.39 is 0 Å². The van der Waals surface area contributed by atoms with Gasteiger partial charge in [-0.15, -0.1) is 24.0 Å². The molecule has 27 heavy (non-hydrogen) atoms. The Morgan fingerprint density at radius 2 is 2.04 bits per heavy atom. The third-order valence-electron chi connectivity index (χ3n) is 3.91. The summed E-state index contributed by atoms with van der Waals surface area (Å²) in [6, 6.07) is 11.8. The number of nitrogens with one attached hydrogen (secondary N) is 2. The fourth-order valence-electron chi connectivity index (χ4n) is 2.56. The molecule has 3 rings (SSSR count). The highest BCUT2D eigenvalue weighted by atomic mass is 127. The highest BCUT2D eigenvalue weighted by molar-refractivity contribution is 14.0. The highest BCUT2D eigenvalue weighted by Crippen LogP contribution is 2.17. The number of hydrogen-bond donors (Lipinski definition) is 2. The van der Waals surface area contributed by atoms with E-state index in [2.05, 4.69) is 32.6 Å². The zero-order chi connectivity index (χ0) is 18.2. The van der Waals surface area contributed by atoms with Crippen LogP contribution in [0.5, 0.6) is 0 Å². The van der Waals surface area contributed by atoms with Crippen LogP contribution < -0.4 is 10.6 Å². The predicted octanol–water partition coefficient (Wildman–Crippen LogP) is 3.16. The van der Waals surface area contributed by atoms with E-state index in [-0.39, 0.29) is 24.0 Å². The summed E-state index contributed by atoms with van der Waals surface area (Å²) in [6.45, 7) is 4.38. The summed E-state index contributed by atoms with van der Waals surface area (Å²) < 4.78 is 7.49.